The molecule has 20 heavy (non-hydrogen) atoms. The third kappa shape index (κ3) is 2.83. The maximum Gasteiger partial charge on any atom is 0.335 e. The Morgan fingerprint density at radius 3 is 2.50 bits per heavy atom. The Bertz CT molecular complexity index is 690. The summed E-state index contributed by atoms with van der Waals surface area (Å²) in [6.45, 7) is 3.42. The molecule has 0 aliphatic heterocycles. The molecule has 1 heterocycles. The van der Waals surface area contributed by atoms with Gasteiger partial charge in [-0.15, -0.1) is 0 Å². The van der Waals surface area contributed by atoms with Crippen molar-refractivity contribution in [2.45, 2.75) is 13.8 Å². The number of rotatable bonds is 3. The highest BCUT2D eigenvalue weighted by Gasteiger charge is 2.16. The van der Waals surface area contributed by atoms with Gasteiger partial charge in [0.2, 0.25) is 0 Å². The molecule has 0 saturated carbocycles. The second kappa shape index (κ2) is 5.38. The first kappa shape index (κ1) is 14.1. The van der Waals surface area contributed by atoms with Gasteiger partial charge in [0.25, 0.3) is 5.91 Å². The SMILES string of the molecule is Cc1cc(C(=O)Nc2cc(C(=O)O)ccc2Cl)c(C)o1. The number of benzene rings is 1. The summed E-state index contributed by atoms with van der Waals surface area (Å²) in [6, 6.07) is 5.71. The van der Waals surface area contributed by atoms with Crippen molar-refractivity contribution in [2.24, 2.45) is 0 Å². The van der Waals surface area contributed by atoms with Crippen molar-refractivity contribution in [1.29, 1.82) is 0 Å². The number of carboxylic acid groups (broad SMARTS) is 1. The van der Waals surface area contributed by atoms with E-state index in [0.29, 0.717) is 17.1 Å². The molecule has 0 radical (unpaired) electrons. The predicted octanol–water partition coefficient (Wildman–Crippen LogP) is 3.50. The number of aromatic carboxylic acids is 1. The molecule has 0 fully saturated rings. The van der Waals surface area contributed by atoms with E-state index >= 15 is 0 Å². The van der Waals surface area contributed by atoms with Crippen LogP contribution in [0.2, 0.25) is 5.02 Å². The minimum atomic E-state index is -1.09. The Balaban J connectivity index is 2.30. The molecule has 1 aromatic carbocycles. The number of aryl methyl sites for hydroxylation is 2. The van der Waals surface area contributed by atoms with Crippen molar-refractivity contribution in [2.75, 3.05) is 5.32 Å². The van der Waals surface area contributed by atoms with Crippen LogP contribution in [0.1, 0.15) is 32.2 Å². The molecular weight excluding hydrogens is 282 g/mol. The van der Waals surface area contributed by atoms with Crippen molar-refractivity contribution in [3.63, 3.8) is 0 Å². The number of carboxylic acids is 1. The topological polar surface area (TPSA) is 79.5 Å². The highest BCUT2D eigenvalue weighted by molar-refractivity contribution is 6.34. The fraction of sp³-hybridized carbons (Fsp3) is 0.143. The summed E-state index contributed by atoms with van der Waals surface area (Å²) < 4.78 is 5.28. The molecule has 0 unspecified atom stereocenters. The zero-order valence-corrected chi connectivity index (χ0v) is 11.6. The molecule has 2 N–H and O–H groups in total. The molecule has 6 heteroatoms. The Kier molecular flexibility index (Phi) is 3.81. The maximum absolute atomic E-state index is 12.1. The number of carbonyl (C=O) groups excluding carboxylic acids is 1. The van der Waals surface area contributed by atoms with Crippen LogP contribution in [0.5, 0.6) is 0 Å². The Hall–Kier alpha value is -2.27. The van der Waals surface area contributed by atoms with Crippen LogP contribution in [0, 0.1) is 13.8 Å². The Labute approximate surface area is 120 Å². The van der Waals surface area contributed by atoms with Crippen LogP contribution >= 0.6 is 11.6 Å². The first-order chi connectivity index (χ1) is 9.38. The zero-order valence-electron chi connectivity index (χ0n) is 10.9. The number of hydrogen-bond donors (Lipinski definition) is 2. The predicted molar refractivity (Wildman–Crippen MR) is 74.5 cm³/mol. The summed E-state index contributed by atoms with van der Waals surface area (Å²) in [4.78, 5) is 23.0. The molecule has 2 rings (SSSR count). The van der Waals surface area contributed by atoms with Crippen LogP contribution in [-0.4, -0.2) is 17.0 Å². The van der Waals surface area contributed by atoms with Crippen LogP contribution in [0.4, 0.5) is 5.69 Å². The minimum Gasteiger partial charge on any atom is -0.478 e. The summed E-state index contributed by atoms with van der Waals surface area (Å²) in [5.74, 6) is -0.375. The molecule has 0 saturated heterocycles. The van der Waals surface area contributed by atoms with Crippen LogP contribution < -0.4 is 5.32 Å². The number of hydrogen-bond acceptors (Lipinski definition) is 3. The normalized spacial score (nSPS) is 10.3. The molecule has 0 atom stereocenters. The average molecular weight is 294 g/mol. The standard InChI is InChI=1S/C14H12ClNO4/c1-7-5-10(8(2)20-7)13(17)16-12-6-9(14(18)19)3-4-11(12)15/h3-6H,1-2H3,(H,16,17)(H,18,19). The van der Waals surface area contributed by atoms with E-state index in [1.807, 2.05) is 0 Å². The van der Waals surface area contributed by atoms with E-state index in [9.17, 15) is 9.59 Å². The average Bonchev–Trinajstić information content (AvgIpc) is 2.71. The number of halogens is 1. The van der Waals surface area contributed by atoms with Gasteiger partial charge in [0.1, 0.15) is 11.5 Å². The smallest absolute Gasteiger partial charge is 0.335 e. The minimum absolute atomic E-state index is 0.0461. The molecule has 0 aliphatic rings. The van der Waals surface area contributed by atoms with Gasteiger partial charge in [0, 0.05) is 0 Å². The lowest BCUT2D eigenvalue weighted by atomic mass is 10.2. The van der Waals surface area contributed by atoms with Gasteiger partial charge in [-0.3, -0.25) is 4.79 Å². The molecular formula is C14H12ClNO4. The van der Waals surface area contributed by atoms with Crippen LogP contribution in [-0.2, 0) is 0 Å². The number of nitrogens with one attached hydrogen (secondary N) is 1. The van der Waals surface area contributed by atoms with Crippen molar-refractivity contribution >= 4 is 29.2 Å². The second-order valence-electron chi connectivity index (χ2n) is 4.28. The van der Waals surface area contributed by atoms with Gasteiger partial charge in [-0.25, -0.2) is 4.79 Å². The first-order valence-corrected chi connectivity index (χ1v) is 6.17. The van der Waals surface area contributed by atoms with E-state index in [1.54, 1.807) is 19.9 Å². The molecule has 104 valence electrons. The molecule has 2 aromatic rings. The van der Waals surface area contributed by atoms with Crippen LogP contribution in [0.15, 0.2) is 28.7 Å². The largest absolute Gasteiger partial charge is 0.478 e. The summed E-state index contributed by atoms with van der Waals surface area (Å²) >= 11 is 5.95. The Morgan fingerprint density at radius 1 is 1.25 bits per heavy atom. The van der Waals surface area contributed by atoms with Gasteiger partial charge >= 0.3 is 5.97 Å². The maximum atomic E-state index is 12.1. The van der Waals surface area contributed by atoms with Gasteiger partial charge in [-0.05, 0) is 38.1 Å². The van der Waals surface area contributed by atoms with Gasteiger partial charge in [0.15, 0.2) is 0 Å². The third-order valence-electron chi connectivity index (χ3n) is 2.75. The Morgan fingerprint density at radius 2 is 1.95 bits per heavy atom. The number of anilines is 1. The molecule has 1 aromatic heterocycles. The zero-order chi connectivity index (χ0) is 14.9. The highest BCUT2D eigenvalue weighted by Crippen LogP contribution is 2.24. The van der Waals surface area contributed by atoms with E-state index in [0.717, 1.165) is 0 Å². The van der Waals surface area contributed by atoms with Crippen molar-refractivity contribution in [3.05, 3.63) is 51.9 Å². The van der Waals surface area contributed by atoms with Crippen molar-refractivity contribution in [3.8, 4) is 0 Å². The van der Waals surface area contributed by atoms with Gasteiger partial charge in [0.05, 0.1) is 21.8 Å². The van der Waals surface area contributed by atoms with Crippen molar-refractivity contribution in [1.82, 2.24) is 0 Å². The van der Waals surface area contributed by atoms with Gasteiger partial charge in [-0.1, -0.05) is 11.6 Å². The van der Waals surface area contributed by atoms with E-state index in [2.05, 4.69) is 5.32 Å². The fourth-order valence-corrected chi connectivity index (χ4v) is 1.96. The molecule has 0 spiro atoms. The summed E-state index contributed by atoms with van der Waals surface area (Å²) in [6.07, 6.45) is 0. The molecule has 0 bridgehead atoms. The van der Waals surface area contributed by atoms with Crippen LogP contribution in [0.25, 0.3) is 0 Å². The molecule has 1 amide bonds. The lowest BCUT2D eigenvalue weighted by molar-refractivity contribution is 0.0696. The van der Waals surface area contributed by atoms with Gasteiger partial charge < -0.3 is 14.8 Å². The number of carbonyl (C=O) groups is 2. The summed E-state index contributed by atoms with van der Waals surface area (Å²) in [5, 5.41) is 11.8. The quantitative estimate of drug-likeness (QED) is 0.907. The second-order valence-corrected chi connectivity index (χ2v) is 4.69. The number of furan rings is 1. The third-order valence-corrected chi connectivity index (χ3v) is 3.08. The molecule has 5 nitrogen and oxygen atoms in total. The van der Waals surface area contributed by atoms with Crippen LogP contribution in [0.3, 0.4) is 0 Å². The highest BCUT2D eigenvalue weighted by atomic mass is 35.5. The molecule has 0 aliphatic carbocycles. The lowest BCUT2D eigenvalue weighted by Gasteiger charge is -2.07. The summed E-state index contributed by atoms with van der Waals surface area (Å²) in [5.41, 5.74) is 0.680. The number of amides is 1. The fourth-order valence-electron chi connectivity index (χ4n) is 1.80. The van der Waals surface area contributed by atoms with Crippen molar-refractivity contribution < 1.29 is 19.1 Å². The van der Waals surface area contributed by atoms with E-state index < -0.39 is 11.9 Å². The summed E-state index contributed by atoms with van der Waals surface area (Å²) in [7, 11) is 0. The van der Waals surface area contributed by atoms with E-state index in [4.69, 9.17) is 21.1 Å². The first-order valence-electron chi connectivity index (χ1n) is 5.79. The van der Waals surface area contributed by atoms with E-state index in [1.165, 1.54) is 18.2 Å². The lowest BCUT2D eigenvalue weighted by Crippen LogP contribution is -2.13. The van der Waals surface area contributed by atoms with E-state index in [-0.39, 0.29) is 16.3 Å². The monoisotopic (exact) mass is 293 g/mol. The van der Waals surface area contributed by atoms with Gasteiger partial charge in [-0.2, -0.15) is 0 Å².